The molecule has 0 aliphatic heterocycles. The Morgan fingerprint density at radius 3 is 2.75 bits per heavy atom. The van der Waals surface area contributed by atoms with Gasteiger partial charge in [0.15, 0.2) is 10.8 Å². The van der Waals surface area contributed by atoms with Gasteiger partial charge in [-0.25, -0.2) is 15.0 Å². The standard InChI is InChI=1S/C15H15N3OS/c1-9(2)13-8-20-15(18-13)14-16-7-10-4-5-11(19-3)6-12(10)17-14/h4-9H,1-3H3. The highest BCUT2D eigenvalue weighted by atomic mass is 32.1. The molecule has 20 heavy (non-hydrogen) atoms. The van der Waals surface area contributed by atoms with Crippen LogP contribution in [0.1, 0.15) is 25.5 Å². The van der Waals surface area contributed by atoms with Crippen molar-refractivity contribution in [2.75, 3.05) is 7.11 Å². The second-order valence-electron chi connectivity index (χ2n) is 4.85. The van der Waals surface area contributed by atoms with Gasteiger partial charge in [-0.05, 0) is 18.1 Å². The average Bonchev–Trinajstić information content (AvgIpc) is 2.96. The van der Waals surface area contributed by atoms with E-state index < -0.39 is 0 Å². The quantitative estimate of drug-likeness (QED) is 0.732. The average molecular weight is 285 g/mol. The molecule has 0 saturated heterocycles. The van der Waals surface area contributed by atoms with Crippen molar-refractivity contribution in [3.63, 3.8) is 0 Å². The Balaban J connectivity index is 2.06. The van der Waals surface area contributed by atoms with E-state index in [0.29, 0.717) is 11.7 Å². The summed E-state index contributed by atoms with van der Waals surface area (Å²) in [6, 6.07) is 5.78. The predicted molar refractivity (Wildman–Crippen MR) is 81.3 cm³/mol. The third-order valence-electron chi connectivity index (χ3n) is 3.09. The molecule has 0 aliphatic rings. The van der Waals surface area contributed by atoms with E-state index in [1.54, 1.807) is 18.4 Å². The molecule has 3 rings (SSSR count). The van der Waals surface area contributed by atoms with E-state index >= 15 is 0 Å². The number of rotatable bonds is 3. The number of benzene rings is 1. The van der Waals surface area contributed by atoms with Crippen molar-refractivity contribution in [3.8, 4) is 16.6 Å². The molecule has 0 fully saturated rings. The number of methoxy groups -OCH3 is 1. The van der Waals surface area contributed by atoms with Gasteiger partial charge in [0.25, 0.3) is 0 Å². The minimum atomic E-state index is 0.417. The molecule has 4 nitrogen and oxygen atoms in total. The van der Waals surface area contributed by atoms with Crippen molar-refractivity contribution >= 4 is 22.2 Å². The minimum Gasteiger partial charge on any atom is -0.497 e. The Labute approximate surface area is 121 Å². The van der Waals surface area contributed by atoms with Crippen molar-refractivity contribution in [1.82, 2.24) is 15.0 Å². The molecule has 0 spiro atoms. The van der Waals surface area contributed by atoms with E-state index in [0.717, 1.165) is 27.4 Å². The van der Waals surface area contributed by atoms with Crippen LogP contribution in [0.3, 0.4) is 0 Å². The van der Waals surface area contributed by atoms with Gasteiger partial charge in [0, 0.05) is 23.0 Å². The topological polar surface area (TPSA) is 47.9 Å². The molecule has 5 heteroatoms. The lowest BCUT2D eigenvalue weighted by molar-refractivity contribution is 0.415. The van der Waals surface area contributed by atoms with Gasteiger partial charge >= 0.3 is 0 Å². The maximum Gasteiger partial charge on any atom is 0.189 e. The first-order valence-electron chi connectivity index (χ1n) is 6.44. The molecule has 0 atom stereocenters. The first-order chi connectivity index (χ1) is 9.67. The minimum absolute atomic E-state index is 0.417. The highest BCUT2D eigenvalue weighted by Gasteiger charge is 2.10. The summed E-state index contributed by atoms with van der Waals surface area (Å²) in [6.07, 6.45) is 1.83. The Morgan fingerprint density at radius 2 is 2.05 bits per heavy atom. The molecular formula is C15H15N3OS. The van der Waals surface area contributed by atoms with Crippen LogP contribution in [0.2, 0.25) is 0 Å². The molecule has 1 aromatic carbocycles. The van der Waals surface area contributed by atoms with Gasteiger partial charge in [0.2, 0.25) is 0 Å². The van der Waals surface area contributed by atoms with Gasteiger partial charge in [-0.15, -0.1) is 11.3 Å². The lowest BCUT2D eigenvalue weighted by Crippen LogP contribution is -1.92. The number of thiazole rings is 1. The van der Waals surface area contributed by atoms with E-state index in [-0.39, 0.29) is 0 Å². The van der Waals surface area contributed by atoms with Crippen LogP contribution in [-0.2, 0) is 0 Å². The zero-order chi connectivity index (χ0) is 14.1. The summed E-state index contributed by atoms with van der Waals surface area (Å²) in [5, 5.41) is 3.92. The Hall–Kier alpha value is -2.01. The molecule has 0 aliphatic carbocycles. The zero-order valence-electron chi connectivity index (χ0n) is 11.6. The third kappa shape index (κ3) is 2.36. The summed E-state index contributed by atoms with van der Waals surface area (Å²) in [5.41, 5.74) is 1.95. The van der Waals surface area contributed by atoms with Gasteiger partial charge < -0.3 is 4.74 Å². The molecule has 0 N–H and O–H groups in total. The number of nitrogens with zero attached hydrogens (tertiary/aromatic N) is 3. The van der Waals surface area contributed by atoms with Crippen LogP contribution in [0, 0.1) is 0 Å². The molecule has 102 valence electrons. The van der Waals surface area contributed by atoms with Crippen LogP contribution in [0.25, 0.3) is 21.7 Å². The largest absolute Gasteiger partial charge is 0.497 e. The first-order valence-corrected chi connectivity index (χ1v) is 7.32. The van der Waals surface area contributed by atoms with E-state index in [4.69, 9.17) is 4.74 Å². The highest BCUT2D eigenvalue weighted by molar-refractivity contribution is 7.13. The van der Waals surface area contributed by atoms with Crippen molar-refractivity contribution < 1.29 is 4.74 Å². The third-order valence-corrected chi connectivity index (χ3v) is 3.95. The molecule has 0 radical (unpaired) electrons. The van der Waals surface area contributed by atoms with E-state index in [2.05, 4.69) is 34.2 Å². The van der Waals surface area contributed by atoms with Crippen LogP contribution < -0.4 is 4.74 Å². The monoisotopic (exact) mass is 285 g/mol. The fourth-order valence-electron chi connectivity index (χ4n) is 1.89. The normalized spacial score (nSPS) is 11.2. The fourth-order valence-corrected chi connectivity index (χ4v) is 2.81. The fraction of sp³-hybridized carbons (Fsp3) is 0.267. The second kappa shape index (κ2) is 5.17. The van der Waals surface area contributed by atoms with Crippen molar-refractivity contribution in [1.29, 1.82) is 0 Å². The van der Waals surface area contributed by atoms with Crippen LogP contribution in [-0.4, -0.2) is 22.1 Å². The van der Waals surface area contributed by atoms with Gasteiger partial charge in [0.1, 0.15) is 5.75 Å². The summed E-state index contributed by atoms with van der Waals surface area (Å²) < 4.78 is 5.23. The van der Waals surface area contributed by atoms with Gasteiger partial charge in [-0.2, -0.15) is 0 Å². The van der Waals surface area contributed by atoms with Crippen LogP contribution in [0.4, 0.5) is 0 Å². The molecule has 0 saturated carbocycles. The summed E-state index contributed by atoms with van der Waals surface area (Å²) in [5.74, 6) is 1.88. The highest BCUT2D eigenvalue weighted by Crippen LogP contribution is 2.26. The molecular weight excluding hydrogens is 270 g/mol. The van der Waals surface area contributed by atoms with Gasteiger partial charge in [0.05, 0.1) is 18.3 Å². The van der Waals surface area contributed by atoms with E-state index in [9.17, 15) is 0 Å². The number of aromatic nitrogens is 3. The molecule has 0 bridgehead atoms. The van der Waals surface area contributed by atoms with Crippen LogP contribution in [0.15, 0.2) is 29.8 Å². The maximum absolute atomic E-state index is 5.23. The maximum atomic E-state index is 5.23. The summed E-state index contributed by atoms with van der Waals surface area (Å²) >= 11 is 1.58. The van der Waals surface area contributed by atoms with Crippen molar-refractivity contribution in [2.24, 2.45) is 0 Å². The second-order valence-corrected chi connectivity index (χ2v) is 5.71. The van der Waals surface area contributed by atoms with Crippen molar-refractivity contribution in [3.05, 3.63) is 35.5 Å². The van der Waals surface area contributed by atoms with Gasteiger partial charge in [-0.1, -0.05) is 13.8 Å². The summed E-state index contributed by atoms with van der Waals surface area (Å²) in [7, 11) is 1.65. The molecule has 0 amide bonds. The number of hydrogen-bond acceptors (Lipinski definition) is 5. The van der Waals surface area contributed by atoms with E-state index in [1.165, 1.54) is 0 Å². The number of fused-ring (bicyclic) bond motifs is 1. The Kier molecular flexibility index (Phi) is 3.36. The first kappa shape index (κ1) is 13.0. The summed E-state index contributed by atoms with van der Waals surface area (Å²) in [4.78, 5) is 13.6. The van der Waals surface area contributed by atoms with Gasteiger partial charge in [-0.3, -0.25) is 0 Å². The Bertz CT molecular complexity index is 752. The lowest BCUT2D eigenvalue weighted by Gasteiger charge is -2.03. The molecule has 3 aromatic rings. The Morgan fingerprint density at radius 1 is 1.20 bits per heavy atom. The molecule has 0 unspecified atom stereocenters. The molecule has 2 aromatic heterocycles. The summed E-state index contributed by atoms with van der Waals surface area (Å²) in [6.45, 7) is 4.26. The van der Waals surface area contributed by atoms with E-state index in [1.807, 2.05) is 24.4 Å². The van der Waals surface area contributed by atoms with Crippen LogP contribution >= 0.6 is 11.3 Å². The smallest absolute Gasteiger partial charge is 0.189 e. The molecule has 2 heterocycles. The SMILES string of the molecule is COc1ccc2cnc(-c3nc(C(C)C)cs3)nc2c1. The predicted octanol–water partition coefficient (Wildman–Crippen LogP) is 3.89. The number of ether oxygens (including phenoxy) is 1. The van der Waals surface area contributed by atoms with Crippen LogP contribution in [0.5, 0.6) is 5.75 Å². The zero-order valence-corrected chi connectivity index (χ0v) is 12.4. The van der Waals surface area contributed by atoms with Crippen molar-refractivity contribution in [2.45, 2.75) is 19.8 Å². The lowest BCUT2D eigenvalue weighted by atomic mass is 10.2. The number of hydrogen-bond donors (Lipinski definition) is 0.